The Balaban J connectivity index is 1.31. The SMILES string of the molecule is O=C1C2N(CCO)C(=O)[C@@H]3[C@H]4C(=O)N(c5ccccc5)CC=C[C@H]4O[C@]23C=CCN1c1ccc2ccccc2c1. The summed E-state index contributed by atoms with van der Waals surface area (Å²) in [7, 11) is 0. The molecule has 4 heterocycles. The number of benzene rings is 3. The third kappa shape index (κ3) is 3.56. The molecule has 3 amide bonds. The van der Waals surface area contributed by atoms with E-state index in [9.17, 15) is 19.5 Å². The number of carbonyl (C=O) groups excluding carboxylic acids is 3. The van der Waals surface area contributed by atoms with E-state index in [4.69, 9.17) is 4.74 Å². The van der Waals surface area contributed by atoms with Gasteiger partial charge in [0.1, 0.15) is 11.6 Å². The second kappa shape index (κ2) is 9.43. The zero-order valence-electron chi connectivity index (χ0n) is 21.8. The monoisotopic (exact) mass is 535 g/mol. The van der Waals surface area contributed by atoms with Crippen molar-refractivity contribution in [2.45, 2.75) is 17.7 Å². The van der Waals surface area contributed by atoms with E-state index in [0.29, 0.717) is 18.8 Å². The van der Waals surface area contributed by atoms with Crippen LogP contribution in [0.2, 0.25) is 0 Å². The maximum Gasteiger partial charge on any atom is 0.253 e. The van der Waals surface area contributed by atoms with Gasteiger partial charge in [0.2, 0.25) is 11.8 Å². The van der Waals surface area contributed by atoms with Crippen LogP contribution in [-0.2, 0) is 19.1 Å². The summed E-state index contributed by atoms with van der Waals surface area (Å²) >= 11 is 0. The van der Waals surface area contributed by atoms with Crippen LogP contribution in [0.1, 0.15) is 0 Å². The van der Waals surface area contributed by atoms with Crippen molar-refractivity contribution in [1.82, 2.24) is 4.90 Å². The first-order valence-electron chi connectivity index (χ1n) is 13.6. The molecule has 5 atom stereocenters. The number of rotatable bonds is 4. The first kappa shape index (κ1) is 24.7. The molecule has 3 aromatic rings. The Morgan fingerprint density at radius 2 is 1.52 bits per heavy atom. The van der Waals surface area contributed by atoms with Crippen molar-refractivity contribution < 1.29 is 24.2 Å². The quantitative estimate of drug-likeness (QED) is 0.519. The third-order valence-electron chi connectivity index (χ3n) is 8.61. The molecule has 40 heavy (non-hydrogen) atoms. The van der Waals surface area contributed by atoms with Crippen molar-refractivity contribution in [3.05, 3.63) is 97.1 Å². The van der Waals surface area contributed by atoms with Gasteiger partial charge in [-0.3, -0.25) is 14.4 Å². The summed E-state index contributed by atoms with van der Waals surface area (Å²) in [6.45, 7) is 0.319. The van der Waals surface area contributed by atoms with Gasteiger partial charge in [0, 0.05) is 31.0 Å². The molecule has 1 unspecified atom stereocenters. The zero-order chi connectivity index (χ0) is 27.4. The Bertz CT molecular complexity index is 1570. The van der Waals surface area contributed by atoms with E-state index < -0.39 is 29.6 Å². The lowest BCUT2D eigenvalue weighted by molar-refractivity contribution is -0.141. The molecule has 7 rings (SSSR count). The lowest BCUT2D eigenvalue weighted by Crippen LogP contribution is -2.55. The summed E-state index contributed by atoms with van der Waals surface area (Å²) in [4.78, 5) is 47.3. The largest absolute Gasteiger partial charge is 0.395 e. The maximum absolute atomic E-state index is 14.4. The average Bonchev–Trinajstić information content (AvgIpc) is 3.28. The number of para-hydroxylation sites is 1. The Morgan fingerprint density at radius 1 is 0.800 bits per heavy atom. The van der Waals surface area contributed by atoms with Gasteiger partial charge in [-0.25, -0.2) is 0 Å². The number of anilines is 2. The highest BCUT2D eigenvalue weighted by Crippen LogP contribution is 2.53. The van der Waals surface area contributed by atoms with E-state index >= 15 is 0 Å². The van der Waals surface area contributed by atoms with Crippen molar-refractivity contribution in [2.24, 2.45) is 11.8 Å². The van der Waals surface area contributed by atoms with Crippen molar-refractivity contribution in [3.8, 4) is 0 Å². The summed E-state index contributed by atoms with van der Waals surface area (Å²) in [5.41, 5.74) is 0.121. The van der Waals surface area contributed by atoms with Gasteiger partial charge >= 0.3 is 0 Å². The fourth-order valence-electron chi connectivity index (χ4n) is 6.90. The zero-order valence-corrected chi connectivity index (χ0v) is 21.8. The van der Waals surface area contributed by atoms with Crippen LogP contribution >= 0.6 is 0 Å². The smallest absolute Gasteiger partial charge is 0.253 e. The Kier molecular flexibility index (Phi) is 5.83. The number of carbonyl (C=O) groups is 3. The molecule has 8 heteroatoms. The number of hydrogen-bond acceptors (Lipinski definition) is 5. The predicted molar refractivity (Wildman–Crippen MR) is 151 cm³/mol. The molecule has 2 fully saturated rings. The number of β-amino-alcohol motifs (C(OH)–C–C–N with tert-alkyl or cyclic N) is 1. The van der Waals surface area contributed by atoms with Crippen molar-refractivity contribution >= 4 is 39.9 Å². The van der Waals surface area contributed by atoms with Gasteiger partial charge in [0.15, 0.2) is 0 Å². The Morgan fingerprint density at radius 3 is 2.33 bits per heavy atom. The average molecular weight is 536 g/mol. The number of likely N-dealkylation sites (tertiary alicyclic amines) is 1. The standard InChI is InChI=1S/C32H29N3O5/c36-19-18-35-28-31(39)34(24-14-13-21-8-4-5-9-22(21)20-24)17-7-15-32(28)27(30(35)38)26-25(40-32)12-6-16-33(29(26)37)23-10-2-1-3-11-23/h1-15,20,25-28,36H,16-19H2/t25-,26+,27+,28?,32+/m1/s1. The normalized spacial score (nSPS) is 29.4. The second-order valence-electron chi connectivity index (χ2n) is 10.7. The Hall–Kier alpha value is -4.27. The van der Waals surface area contributed by atoms with Gasteiger partial charge < -0.3 is 24.5 Å². The van der Waals surface area contributed by atoms with E-state index in [0.717, 1.165) is 16.5 Å². The van der Waals surface area contributed by atoms with Crippen LogP contribution in [0.4, 0.5) is 11.4 Å². The molecule has 0 saturated carbocycles. The summed E-state index contributed by atoms with van der Waals surface area (Å²) < 4.78 is 6.65. The number of nitrogens with zero attached hydrogens (tertiary/aromatic N) is 3. The van der Waals surface area contributed by atoms with Gasteiger partial charge in [0.05, 0.1) is 24.5 Å². The van der Waals surface area contributed by atoms with Crippen LogP contribution in [-0.4, -0.2) is 71.7 Å². The minimum atomic E-state index is -1.33. The molecule has 202 valence electrons. The molecule has 1 spiro atoms. The number of amides is 3. The fraction of sp³-hybridized carbons (Fsp3) is 0.281. The van der Waals surface area contributed by atoms with Gasteiger partial charge in [-0.2, -0.15) is 0 Å². The first-order valence-corrected chi connectivity index (χ1v) is 13.6. The van der Waals surface area contributed by atoms with Crippen LogP contribution < -0.4 is 9.80 Å². The van der Waals surface area contributed by atoms with Gasteiger partial charge in [-0.15, -0.1) is 0 Å². The number of aliphatic hydroxyl groups is 1. The van der Waals surface area contributed by atoms with Gasteiger partial charge in [0.25, 0.3) is 5.91 Å². The van der Waals surface area contributed by atoms with E-state index in [1.54, 1.807) is 9.80 Å². The highest BCUT2D eigenvalue weighted by molar-refractivity contribution is 6.08. The molecule has 0 aromatic heterocycles. The number of hydrogen-bond donors (Lipinski definition) is 1. The molecule has 0 aliphatic carbocycles. The fourth-order valence-corrected chi connectivity index (χ4v) is 6.90. The predicted octanol–water partition coefficient (Wildman–Crippen LogP) is 2.92. The van der Waals surface area contributed by atoms with Crippen LogP contribution in [0.25, 0.3) is 10.8 Å². The lowest BCUT2D eigenvalue weighted by atomic mass is 9.77. The summed E-state index contributed by atoms with van der Waals surface area (Å²) in [5, 5.41) is 12.0. The molecule has 0 bridgehead atoms. The first-order chi connectivity index (χ1) is 19.5. The molecule has 8 nitrogen and oxygen atoms in total. The van der Waals surface area contributed by atoms with Crippen LogP contribution in [0.5, 0.6) is 0 Å². The second-order valence-corrected chi connectivity index (χ2v) is 10.7. The maximum atomic E-state index is 14.4. The molecule has 1 N–H and O–H groups in total. The topological polar surface area (TPSA) is 90.4 Å². The molecule has 0 radical (unpaired) electrons. The third-order valence-corrected chi connectivity index (χ3v) is 8.61. The van der Waals surface area contributed by atoms with Crippen LogP contribution in [0, 0.1) is 11.8 Å². The van der Waals surface area contributed by atoms with Crippen molar-refractivity contribution in [3.63, 3.8) is 0 Å². The van der Waals surface area contributed by atoms with E-state index in [1.165, 1.54) is 4.90 Å². The highest BCUT2D eigenvalue weighted by Gasteiger charge is 2.71. The molecule has 4 aliphatic heterocycles. The van der Waals surface area contributed by atoms with E-state index in [1.807, 2.05) is 97.1 Å². The van der Waals surface area contributed by atoms with Crippen LogP contribution in [0.3, 0.4) is 0 Å². The summed E-state index contributed by atoms with van der Waals surface area (Å²) in [6, 6.07) is 22.1. The minimum Gasteiger partial charge on any atom is -0.395 e. The summed E-state index contributed by atoms with van der Waals surface area (Å²) in [5.74, 6) is -2.55. The molecular formula is C32H29N3O5. The Labute approximate surface area is 231 Å². The minimum absolute atomic E-state index is 0.0277. The molecular weight excluding hydrogens is 506 g/mol. The number of aliphatic hydroxyl groups excluding tert-OH is 1. The van der Waals surface area contributed by atoms with Gasteiger partial charge in [-0.05, 0) is 35.0 Å². The highest BCUT2D eigenvalue weighted by atomic mass is 16.5. The van der Waals surface area contributed by atoms with Gasteiger partial charge in [-0.1, -0.05) is 72.8 Å². The molecule has 4 aliphatic rings. The molecule has 3 aromatic carbocycles. The van der Waals surface area contributed by atoms with Crippen molar-refractivity contribution in [2.75, 3.05) is 36.0 Å². The number of ether oxygens (including phenoxy) is 1. The molecule has 2 saturated heterocycles. The summed E-state index contributed by atoms with van der Waals surface area (Å²) in [6.07, 6.45) is 6.77. The van der Waals surface area contributed by atoms with E-state index in [2.05, 4.69) is 0 Å². The number of fused-ring (bicyclic) bond motifs is 3. The van der Waals surface area contributed by atoms with Crippen LogP contribution in [0.15, 0.2) is 97.1 Å². The lowest BCUT2D eigenvalue weighted by Gasteiger charge is -2.35. The van der Waals surface area contributed by atoms with E-state index in [-0.39, 0.29) is 30.9 Å². The van der Waals surface area contributed by atoms with Crippen molar-refractivity contribution in [1.29, 1.82) is 0 Å².